The largest absolute Gasteiger partial charge is 0.508 e. The maximum absolute atomic E-state index is 13.3. The molecule has 6 heteroatoms. The Kier molecular flexibility index (Phi) is 5.62. The number of rotatable bonds is 5. The SMILES string of the molecule is COC(=O)C(NC(=O)c1cc(-c2ccccc2)nc2cc(O)ccc12)c1ccccc1. The molecule has 0 saturated heterocycles. The normalized spacial score (nSPS) is 11.6. The Morgan fingerprint density at radius 1 is 0.935 bits per heavy atom. The van der Waals surface area contributed by atoms with Gasteiger partial charge in [-0.3, -0.25) is 4.79 Å². The first kappa shape index (κ1) is 20.1. The highest BCUT2D eigenvalue weighted by Gasteiger charge is 2.25. The number of phenols is 1. The molecule has 0 radical (unpaired) electrons. The quantitative estimate of drug-likeness (QED) is 0.479. The molecule has 1 heterocycles. The first-order chi connectivity index (χ1) is 15.1. The van der Waals surface area contributed by atoms with Crippen molar-refractivity contribution in [1.82, 2.24) is 10.3 Å². The van der Waals surface area contributed by atoms with Crippen molar-refractivity contribution in [3.63, 3.8) is 0 Å². The monoisotopic (exact) mass is 412 g/mol. The van der Waals surface area contributed by atoms with Crippen LogP contribution in [0.15, 0.2) is 84.9 Å². The molecule has 31 heavy (non-hydrogen) atoms. The molecule has 4 rings (SSSR count). The van der Waals surface area contributed by atoms with Crippen LogP contribution in [0, 0.1) is 0 Å². The third-order valence-corrected chi connectivity index (χ3v) is 4.95. The molecule has 0 aliphatic carbocycles. The highest BCUT2D eigenvalue weighted by Crippen LogP contribution is 2.28. The number of ether oxygens (including phenoxy) is 1. The van der Waals surface area contributed by atoms with Crippen LogP contribution >= 0.6 is 0 Å². The predicted molar refractivity (Wildman–Crippen MR) is 118 cm³/mol. The Hall–Kier alpha value is -4.19. The van der Waals surface area contributed by atoms with Crippen LogP contribution in [-0.2, 0) is 9.53 Å². The standard InChI is InChI=1S/C25H20N2O4/c1-31-25(30)23(17-10-6-3-7-11-17)27-24(29)20-15-21(16-8-4-2-5-9-16)26-22-14-18(28)12-13-19(20)22/h2-15,23,28H,1H3,(H,27,29). The lowest BCUT2D eigenvalue weighted by Crippen LogP contribution is -2.34. The number of amides is 1. The zero-order valence-electron chi connectivity index (χ0n) is 16.8. The molecule has 1 aromatic heterocycles. The van der Waals surface area contributed by atoms with Gasteiger partial charge in [0.05, 0.1) is 23.9 Å². The molecule has 0 spiro atoms. The van der Waals surface area contributed by atoms with E-state index in [1.807, 2.05) is 36.4 Å². The molecule has 0 bridgehead atoms. The molecule has 6 nitrogen and oxygen atoms in total. The Morgan fingerprint density at radius 3 is 2.29 bits per heavy atom. The lowest BCUT2D eigenvalue weighted by Gasteiger charge is -2.18. The number of esters is 1. The zero-order chi connectivity index (χ0) is 21.8. The summed E-state index contributed by atoms with van der Waals surface area (Å²) in [5.74, 6) is -0.971. The molecule has 154 valence electrons. The summed E-state index contributed by atoms with van der Waals surface area (Å²) in [5.41, 5.74) is 2.84. The highest BCUT2D eigenvalue weighted by atomic mass is 16.5. The van der Waals surface area contributed by atoms with Crippen molar-refractivity contribution in [2.45, 2.75) is 6.04 Å². The van der Waals surface area contributed by atoms with Crippen LogP contribution in [0.25, 0.3) is 22.2 Å². The second-order valence-corrected chi connectivity index (χ2v) is 6.96. The fraction of sp³-hybridized carbons (Fsp3) is 0.0800. The second-order valence-electron chi connectivity index (χ2n) is 6.96. The Labute approximate surface area is 179 Å². The maximum Gasteiger partial charge on any atom is 0.333 e. The number of carbonyl (C=O) groups is 2. The number of aromatic hydroxyl groups is 1. The summed E-state index contributed by atoms with van der Waals surface area (Å²) >= 11 is 0. The number of nitrogens with zero attached hydrogens (tertiary/aromatic N) is 1. The summed E-state index contributed by atoms with van der Waals surface area (Å²) in [6.45, 7) is 0. The average Bonchev–Trinajstić information content (AvgIpc) is 2.82. The summed E-state index contributed by atoms with van der Waals surface area (Å²) < 4.78 is 4.90. The van der Waals surface area contributed by atoms with Crippen molar-refractivity contribution in [3.05, 3.63) is 96.1 Å². The molecule has 4 aromatic rings. The van der Waals surface area contributed by atoms with Crippen molar-refractivity contribution >= 4 is 22.8 Å². The fourth-order valence-electron chi connectivity index (χ4n) is 3.41. The number of nitrogens with one attached hydrogen (secondary N) is 1. The highest BCUT2D eigenvalue weighted by molar-refractivity contribution is 6.08. The van der Waals surface area contributed by atoms with E-state index in [0.29, 0.717) is 27.7 Å². The number of pyridine rings is 1. The van der Waals surface area contributed by atoms with Gasteiger partial charge in [-0.2, -0.15) is 0 Å². The molecule has 1 unspecified atom stereocenters. The van der Waals surface area contributed by atoms with Gasteiger partial charge in [-0.25, -0.2) is 9.78 Å². The molecule has 0 aliphatic rings. The van der Waals surface area contributed by atoms with E-state index in [4.69, 9.17) is 4.74 Å². The molecule has 0 fully saturated rings. The van der Waals surface area contributed by atoms with Gasteiger partial charge in [0.2, 0.25) is 0 Å². The van der Waals surface area contributed by atoms with Gasteiger partial charge in [0.25, 0.3) is 5.91 Å². The molecule has 0 aliphatic heterocycles. The Morgan fingerprint density at radius 2 is 1.61 bits per heavy atom. The third kappa shape index (κ3) is 4.23. The number of fused-ring (bicyclic) bond motifs is 1. The minimum atomic E-state index is -0.959. The summed E-state index contributed by atoms with van der Waals surface area (Å²) in [7, 11) is 1.28. The molecule has 1 amide bonds. The van der Waals surface area contributed by atoms with Crippen LogP contribution in [0.5, 0.6) is 5.75 Å². The molecule has 2 N–H and O–H groups in total. The molecular formula is C25H20N2O4. The van der Waals surface area contributed by atoms with Gasteiger partial charge in [-0.05, 0) is 23.8 Å². The van der Waals surface area contributed by atoms with E-state index in [9.17, 15) is 14.7 Å². The number of phenolic OH excluding ortho intramolecular Hbond substituents is 1. The summed E-state index contributed by atoms with van der Waals surface area (Å²) in [6, 6.07) is 23.7. The number of benzene rings is 3. The van der Waals surface area contributed by atoms with E-state index < -0.39 is 17.9 Å². The van der Waals surface area contributed by atoms with Crippen molar-refractivity contribution in [2.75, 3.05) is 7.11 Å². The predicted octanol–water partition coefficient (Wildman–Crippen LogP) is 4.25. The van der Waals surface area contributed by atoms with E-state index in [-0.39, 0.29) is 5.75 Å². The van der Waals surface area contributed by atoms with Gasteiger partial charge in [0.15, 0.2) is 6.04 Å². The van der Waals surface area contributed by atoms with E-state index in [1.165, 1.54) is 19.2 Å². The van der Waals surface area contributed by atoms with Gasteiger partial charge >= 0.3 is 5.97 Å². The fourth-order valence-corrected chi connectivity index (χ4v) is 3.41. The van der Waals surface area contributed by atoms with Crippen LogP contribution in [0.3, 0.4) is 0 Å². The van der Waals surface area contributed by atoms with Gasteiger partial charge < -0.3 is 15.2 Å². The lowest BCUT2D eigenvalue weighted by atomic mass is 10.0. The van der Waals surface area contributed by atoms with Crippen molar-refractivity contribution in [2.24, 2.45) is 0 Å². The average molecular weight is 412 g/mol. The van der Waals surface area contributed by atoms with Gasteiger partial charge in [-0.1, -0.05) is 60.7 Å². The van der Waals surface area contributed by atoms with Crippen molar-refractivity contribution in [1.29, 1.82) is 0 Å². The Bertz CT molecular complexity index is 1240. The van der Waals surface area contributed by atoms with Crippen LogP contribution in [0.2, 0.25) is 0 Å². The van der Waals surface area contributed by atoms with Crippen molar-refractivity contribution in [3.8, 4) is 17.0 Å². The number of methoxy groups -OCH3 is 1. The summed E-state index contributed by atoms with van der Waals surface area (Å²) in [6.07, 6.45) is 0. The minimum Gasteiger partial charge on any atom is -0.508 e. The minimum absolute atomic E-state index is 0.0493. The molecular weight excluding hydrogens is 392 g/mol. The van der Waals surface area contributed by atoms with Crippen LogP contribution in [0.4, 0.5) is 0 Å². The number of hydrogen-bond acceptors (Lipinski definition) is 5. The number of carbonyl (C=O) groups excluding carboxylic acids is 2. The van der Waals surface area contributed by atoms with E-state index in [2.05, 4.69) is 10.3 Å². The topological polar surface area (TPSA) is 88.5 Å². The van der Waals surface area contributed by atoms with Gasteiger partial charge in [-0.15, -0.1) is 0 Å². The number of aromatic nitrogens is 1. The van der Waals surface area contributed by atoms with E-state index in [0.717, 1.165) is 5.56 Å². The van der Waals surface area contributed by atoms with Gasteiger partial charge in [0.1, 0.15) is 5.75 Å². The van der Waals surface area contributed by atoms with E-state index >= 15 is 0 Å². The smallest absolute Gasteiger partial charge is 0.333 e. The van der Waals surface area contributed by atoms with E-state index in [1.54, 1.807) is 36.4 Å². The first-order valence-electron chi connectivity index (χ1n) is 9.69. The van der Waals surface area contributed by atoms with Crippen LogP contribution in [-0.4, -0.2) is 29.1 Å². The molecule has 1 atom stereocenters. The molecule has 3 aromatic carbocycles. The first-order valence-corrected chi connectivity index (χ1v) is 9.69. The maximum atomic E-state index is 13.3. The Balaban J connectivity index is 1.80. The summed E-state index contributed by atoms with van der Waals surface area (Å²) in [4.78, 5) is 30.3. The second kappa shape index (κ2) is 8.67. The van der Waals surface area contributed by atoms with Crippen LogP contribution < -0.4 is 5.32 Å². The van der Waals surface area contributed by atoms with Crippen molar-refractivity contribution < 1.29 is 19.4 Å². The summed E-state index contributed by atoms with van der Waals surface area (Å²) in [5, 5.41) is 13.3. The third-order valence-electron chi connectivity index (χ3n) is 4.95. The lowest BCUT2D eigenvalue weighted by molar-refractivity contribution is -0.143. The number of hydrogen-bond donors (Lipinski definition) is 2. The molecule has 0 saturated carbocycles. The zero-order valence-corrected chi connectivity index (χ0v) is 16.8. The van der Waals surface area contributed by atoms with Crippen LogP contribution in [0.1, 0.15) is 22.0 Å². The van der Waals surface area contributed by atoms with Gasteiger partial charge in [0, 0.05) is 17.0 Å².